The first-order chi connectivity index (χ1) is 11.1. The number of hydrogen-bond acceptors (Lipinski definition) is 3. The number of ketones is 1. The topological polar surface area (TPSA) is 41.5 Å². The molecule has 5 heteroatoms. The van der Waals surface area contributed by atoms with Crippen molar-refractivity contribution >= 4 is 35.6 Å². The van der Waals surface area contributed by atoms with Crippen LogP contribution in [0.5, 0.6) is 0 Å². The van der Waals surface area contributed by atoms with Crippen LogP contribution in [-0.2, 0) is 17.6 Å². The van der Waals surface area contributed by atoms with Gasteiger partial charge in [0, 0.05) is 30.0 Å². The van der Waals surface area contributed by atoms with E-state index in [-0.39, 0.29) is 18.2 Å². The summed E-state index contributed by atoms with van der Waals surface area (Å²) in [7, 11) is 0. The molecule has 1 aliphatic heterocycles. The van der Waals surface area contributed by atoms with Gasteiger partial charge in [-0.2, -0.15) is 0 Å². The molecular weight excluding hydrogens is 343 g/mol. The second kappa shape index (κ2) is 8.32. The van der Waals surface area contributed by atoms with Gasteiger partial charge in [0.25, 0.3) is 0 Å². The summed E-state index contributed by atoms with van der Waals surface area (Å²) in [5, 5.41) is 3.97. The van der Waals surface area contributed by atoms with E-state index in [0.29, 0.717) is 17.9 Å². The number of benzene rings is 2. The maximum atomic E-state index is 12.3. The summed E-state index contributed by atoms with van der Waals surface area (Å²) in [6, 6.07) is 13.8. The zero-order valence-corrected chi connectivity index (χ0v) is 15.1. The minimum atomic E-state index is 0. The standard InChI is InChI=1S/C19H19ClN2O.ClH/c1-13-5-6-15(12-18(13)20)11-17(23)10-14-3-2-4-16(9-14)19-21-7-8-22-19;/h2-6,9,12H,7-8,10-11H2,1H3,(H,21,22);1H. The van der Waals surface area contributed by atoms with Crippen molar-refractivity contribution in [1.82, 2.24) is 5.32 Å². The zero-order valence-electron chi connectivity index (χ0n) is 13.5. The number of hydrogen-bond donors (Lipinski definition) is 1. The molecule has 0 aliphatic carbocycles. The molecule has 1 N–H and O–H groups in total. The highest BCUT2D eigenvalue weighted by Gasteiger charge is 2.11. The van der Waals surface area contributed by atoms with Gasteiger partial charge in [-0.25, -0.2) is 0 Å². The predicted molar refractivity (Wildman–Crippen MR) is 102 cm³/mol. The van der Waals surface area contributed by atoms with Crippen LogP contribution in [0.3, 0.4) is 0 Å². The van der Waals surface area contributed by atoms with Crippen molar-refractivity contribution in [1.29, 1.82) is 0 Å². The molecule has 0 fully saturated rings. The smallest absolute Gasteiger partial charge is 0.141 e. The second-order valence-electron chi connectivity index (χ2n) is 5.83. The Hall–Kier alpha value is -1.84. The van der Waals surface area contributed by atoms with Crippen molar-refractivity contribution in [2.45, 2.75) is 19.8 Å². The molecule has 0 bridgehead atoms. The lowest BCUT2D eigenvalue weighted by Crippen LogP contribution is -2.19. The van der Waals surface area contributed by atoms with Crippen molar-refractivity contribution in [3.8, 4) is 0 Å². The summed E-state index contributed by atoms with van der Waals surface area (Å²) in [5.74, 6) is 1.10. The highest BCUT2D eigenvalue weighted by molar-refractivity contribution is 6.31. The van der Waals surface area contributed by atoms with Crippen LogP contribution in [0, 0.1) is 6.92 Å². The number of carbonyl (C=O) groups excluding carboxylic acids is 1. The number of nitrogens with zero attached hydrogens (tertiary/aromatic N) is 1. The van der Waals surface area contributed by atoms with Gasteiger partial charge in [0.2, 0.25) is 0 Å². The van der Waals surface area contributed by atoms with E-state index < -0.39 is 0 Å². The van der Waals surface area contributed by atoms with Crippen LogP contribution in [0.2, 0.25) is 5.02 Å². The van der Waals surface area contributed by atoms with Gasteiger partial charge in [-0.15, -0.1) is 12.4 Å². The molecule has 126 valence electrons. The van der Waals surface area contributed by atoms with Gasteiger partial charge in [-0.05, 0) is 35.7 Å². The Bertz CT molecular complexity index is 772. The summed E-state index contributed by atoms with van der Waals surface area (Å²) < 4.78 is 0. The summed E-state index contributed by atoms with van der Waals surface area (Å²) in [4.78, 5) is 16.7. The van der Waals surface area contributed by atoms with E-state index in [1.165, 1.54) is 0 Å². The fourth-order valence-electron chi connectivity index (χ4n) is 2.68. The highest BCUT2D eigenvalue weighted by atomic mass is 35.5. The quantitative estimate of drug-likeness (QED) is 0.879. The Morgan fingerprint density at radius 1 is 1.17 bits per heavy atom. The van der Waals surface area contributed by atoms with Crippen molar-refractivity contribution in [3.63, 3.8) is 0 Å². The predicted octanol–water partition coefficient (Wildman–Crippen LogP) is 3.77. The molecule has 0 amide bonds. The lowest BCUT2D eigenvalue weighted by Gasteiger charge is -2.07. The van der Waals surface area contributed by atoms with Crippen molar-refractivity contribution < 1.29 is 4.79 Å². The number of Topliss-reactive ketones (excluding diaryl/α,β-unsaturated/α-hetero) is 1. The second-order valence-corrected chi connectivity index (χ2v) is 6.24. The summed E-state index contributed by atoms with van der Waals surface area (Å²) in [5.41, 5.74) is 4.05. The molecule has 24 heavy (non-hydrogen) atoms. The number of amidine groups is 1. The Balaban J connectivity index is 0.00000208. The molecule has 3 rings (SSSR count). The fraction of sp³-hybridized carbons (Fsp3) is 0.263. The molecule has 1 aliphatic rings. The molecular formula is C19H20Cl2N2O. The molecule has 0 saturated carbocycles. The Kier molecular flexibility index (Phi) is 6.41. The van der Waals surface area contributed by atoms with Crippen LogP contribution in [0.1, 0.15) is 22.3 Å². The van der Waals surface area contributed by atoms with Crippen LogP contribution in [-0.4, -0.2) is 24.7 Å². The van der Waals surface area contributed by atoms with E-state index in [9.17, 15) is 4.79 Å². The minimum absolute atomic E-state index is 0. The largest absolute Gasteiger partial charge is 0.368 e. The lowest BCUT2D eigenvalue weighted by atomic mass is 10.0. The molecule has 0 saturated heterocycles. The van der Waals surface area contributed by atoms with Gasteiger partial charge < -0.3 is 5.32 Å². The van der Waals surface area contributed by atoms with E-state index in [0.717, 1.165) is 41.2 Å². The van der Waals surface area contributed by atoms with E-state index >= 15 is 0 Å². The van der Waals surface area contributed by atoms with Crippen LogP contribution >= 0.6 is 24.0 Å². The maximum Gasteiger partial charge on any atom is 0.141 e. The third kappa shape index (κ3) is 4.59. The van der Waals surface area contributed by atoms with E-state index in [1.807, 2.05) is 49.4 Å². The van der Waals surface area contributed by atoms with Gasteiger partial charge in [0.15, 0.2) is 0 Å². The first-order valence-electron chi connectivity index (χ1n) is 7.76. The molecule has 0 radical (unpaired) electrons. The third-order valence-electron chi connectivity index (χ3n) is 3.91. The SMILES string of the molecule is Cc1ccc(CC(=O)Cc2cccc(C3=NCCN3)c2)cc1Cl.Cl. The summed E-state index contributed by atoms with van der Waals surface area (Å²) >= 11 is 6.12. The zero-order chi connectivity index (χ0) is 16.2. The Morgan fingerprint density at radius 3 is 2.58 bits per heavy atom. The molecule has 2 aromatic carbocycles. The van der Waals surface area contributed by atoms with E-state index in [4.69, 9.17) is 11.6 Å². The highest BCUT2D eigenvalue weighted by Crippen LogP contribution is 2.18. The molecule has 0 aromatic heterocycles. The van der Waals surface area contributed by atoms with Crippen molar-refractivity contribution in [2.24, 2.45) is 4.99 Å². The molecule has 0 atom stereocenters. The number of nitrogens with one attached hydrogen (secondary N) is 1. The average molecular weight is 363 g/mol. The Labute approximate surface area is 153 Å². The van der Waals surface area contributed by atoms with Crippen LogP contribution < -0.4 is 5.32 Å². The number of aryl methyl sites for hydroxylation is 1. The Morgan fingerprint density at radius 2 is 1.92 bits per heavy atom. The summed E-state index contributed by atoms with van der Waals surface area (Å²) in [6.07, 6.45) is 0.829. The number of aliphatic imine (C=N–C) groups is 1. The van der Waals surface area contributed by atoms with Gasteiger partial charge in [-0.3, -0.25) is 9.79 Å². The van der Waals surface area contributed by atoms with E-state index in [2.05, 4.69) is 10.3 Å². The number of carbonyl (C=O) groups is 1. The molecule has 0 unspecified atom stereocenters. The van der Waals surface area contributed by atoms with Gasteiger partial charge in [0.1, 0.15) is 11.6 Å². The van der Waals surface area contributed by atoms with E-state index in [1.54, 1.807) is 0 Å². The first-order valence-corrected chi connectivity index (χ1v) is 8.14. The van der Waals surface area contributed by atoms with Gasteiger partial charge >= 0.3 is 0 Å². The minimum Gasteiger partial charge on any atom is -0.368 e. The monoisotopic (exact) mass is 362 g/mol. The first kappa shape index (κ1) is 18.5. The van der Waals surface area contributed by atoms with Gasteiger partial charge in [0.05, 0.1) is 6.54 Å². The lowest BCUT2D eigenvalue weighted by molar-refractivity contribution is -0.117. The molecule has 0 spiro atoms. The normalized spacial score (nSPS) is 13.0. The van der Waals surface area contributed by atoms with Crippen molar-refractivity contribution in [2.75, 3.05) is 13.1 Å². The number of rotatable bonds is 5. The van der Waals surface area contributed by atoms with Gasteiger partial charge in [-0.1, -0.05) is 41.9 Å². The number of halogens is 2. The van der Waals surface area contributed by atoms with Crippen LogP contribution in [0.4, 0.5) is 0 Å². The van der Waals surface area contributed by atoms with Crippen LogP contribution in [0.25, 0.3) is 0 Å². The molecule has 2 aromatic rings. The van der Waals surface area contributed by atoms with Crippen molar-refractivity contribution in [3.05, 3.63) is 69.7 Å². The average Bonchev–Trinajstić information content (AvgIpc) is 3.05. The third-order valence-corrected chi connectivity index (χ3v) is 4.32. The summed E-state index contributed by atoms with van der Waals surface area (Å²) in [6.45, 7) is 3.65. The van der Waals surface area contributed by atoms with Crippen LogP contribution in [0.15, 0.2) is 47.5 Å². The fourth-order valence-corrected chi connectivity index (χ4v) is 2.89. The molecule has 3 nitrogen and oxygen atoms in total. The molecule has 1 heterocycles. The maximum absolute atomic E-state index is 12.3.